The molecule has 146 valence electrons. The number of esters is 1. The minimum Gasteiger partial charge on any atom is -0.489 e. The van der Waals surface area contributed by atoms with E-state index in [1.807, 2.05) is 25.4 Å². The molecule has 0 atom stereocenters. The van der Waals surface area contributed by atoms with Gasteiger partial charge in [-0.25, -0.2) is 9.78 Å². The van der Waals surface area contributed by atoms with Crippen molar-refractivity contribution in [2.24, 2.45) is 7.05 Å². The Hall–Kier alpha value is -3.52. The first kappa shape index (κ1) is 18.8. The molecule has 4 aromatic rings. The van der Waals surface area contributed by atoms with E-state index < -0.39 is 5.97 Å². The molecule has 0 aliphatic carbocycles. The quantitative estimate of drug-likeness (QED) is 0.355. The lowest BCUT2D eigenvalue weighted by atomic mass is 10.3. The second-order valence-corrected chi connectivity index (χ2v) is 7.34. The average Bonchev–Trinajstić information content (AvgIpc) is 3.34. The van der Waals surface area contributed by atoms with Crippen molar-refractivity contribution in [3.8, 4) is 22.1 Å². The topological polar surface area (TPSA) is 79.1 Å². The standard InChI is InChI=1S/C21H18N4O3S/c1-14-19(29-20(24-14)16-11-23-25(2)12-16)21(26)28-18-5-3-17(4-6-18)27-13-15-7-9-22-10-8-15/h3-12H,13H2,1-2H3. The van der Waals surface area contributed by atoms with Crippen LogP contribution in [0, 0.1) is 6.92 Å². The van der Waals surface area contributed by atoms with Crippen LogP contribution in [0.4, 0.5) is 0 Å². The average molecular weight is 406 g/mol. The summed E-state index contributed by atoms with van der Waals surface area (Å²) in [5.74, 6) is 0.706. The summed E-state index contributed by atoms with van der Waals surface area (Å²) in [7, 11) is 1.84. The lowest BCUT2D eigenvalue weighted by Crippen LogP contribution is -2.08. The highest BCUT2D eigenvalue weighted by atomic mass is 32.1. The Balaban J connectivity index is 1.40. The number of aryl methyl sites for hydroxylation is 2. The molecule has 0 spiro atoms. The minimum absolute atomic E-state index is 0.430. The SMILES string of the molecule is Cc1nc(-c2cnn(C)c2)sc1C(=O)Oc1ccc(OCc2ccncc2)cc1. The molecule has 0 amide bonds. The molecule has 0 N–H and O–H groups in total. The number of carbonyl (C=O) groups is 1. The van der Waals surface area contributed by atoms with E-state index in [1.165, 1.54) is 11.3 Å². The molecule has 8 heteroatoms. The van der Waals surface area contributed by atoms with Gasteiger partial charge in [-0.05, 0) is 48.9 Å². The molecule has 0 fully saturated rings. The van der Waals surface area contributed by atoms with E-state index in [-0.39, 0.29) is 0 Å². The fraction of sp³-hybridized carbons (Fsp3) is 0.143. The number of benzene rings is 1. The fourth-order valence-corrected chi connectivity index (χ4v) is 3.56. The highest BCUT2D eigenvalue weighted by Crippen LogP contribution is 2.29. The number of carbonyl (C=O) groups excluding carboxylic acids is 1. The van der Waals surface area contributed by atoms with E-state index in [0.717, 1.165) is 16.1 Å². The van der Waals surface area contributed by atoms with E-state index in [4.69, 9.17) is 9.47 Å². The van der Waals surface area contributed by atoms with Gasteiger partial charge < -0.3 is 9.47 Å². The lowest BCUT2D eigenvalue weighted by Gasteiger charge is -2.07. The Morgan fingerprint density at radius 1 is 1.10 bits per heavy atom. The molecular formula is C21H18N4O3S. The molecule has 0 unspecified atom stereocenters. The Morgan fingerprint density at radius 3 is 2.52 bits per heavy atom. The number of ether oxygens (including phenoxy) is 2. The first-order chi connectivity index (χ1) is 14.1. The molecule has 3 aromatic heterocycles. The number of rotatable bonds is 6. The number of hydrogen-bond donors (Lipinski definition) is 0. The summed E-state index contributed by atoms with van der Waals surface area (Å²) >= 11 is 1.29. The van der Waals surface area contributed by atoms with E-state index in [0.29, 0.717) is 28.7 Å². The van der Waals surface area contributed by atoms with Crippen LogP contribution in [0.5, 0.6) is 11.5 Å². The first-order valence-electron chi connectivity index (χ1n) is 8.89. The van der Waals surface area contributed by atoms with Crippen LogP contribution >= 0.6 is 11.3 Å². The van der Waals surface area contributed by atoms with Gasteiger partial charge in [0.1, 0.15) is 28.0 Å². The van der Waals surface area contributed by atoms with Crippen molar-refractivity contribution in [3.63, 3.8) is 0 Å². The second-order valence-electron chi connectivity index (χ2n) is 6.34. The summed E-state index contributed by atoms with van der Waals surface area (Å²) in [6, 6.07) is 10.7. The van der Waals surface area contributed by atoms with Crippen LogP contribution in [-0.4, -0.2) is 25.7 Å². The van der Waals surface area contributed by atoms with Gasteiger partial charge in [0.2, 0.25) is 0 Å². The molecule has 0 saturated carbocycles. The predicted molar refractivity (Wildman–Crippen MR) is 109 cm³/mol. The Morgan fingerprint density at radius 2 is 1.83 bits per heavy atom. The van der Waals surface area contributed by atoms with Crippen LogP contribution in [0.25, 0.3) is 10.6 Å². The Kier molecular flexibility index (Phi) is 5.35. The van der Waals surface area contributed by atoms with Crippen molar-refractivity contribution in [1.29, 1.82) is 0 Å². The molecule has 0 bridgehead atoms. The lowest BCUT2D eigenvalue weighted by molar-refractivity contribution is 0.0738. The van der Waals surface area contributed by atoms with Crippen molar-refractivity contribution >= 4 is 17.3 Å². The zero-order chi connectivity index (χ0) is 20.2. The number of nitrogens with zero attached hydrogens (tertiary/aromatic N) is 4. The first-order valence-corrected chi connectivity index (χ1v) is 9.70. The number of thiazole rings is 1. The molecule has 1 aromatic carbocycles. The highest BCUT2D eigenvalue weighted by Gasteiger charge is 2.19. The Labute approximate surface area is 171 Å². The van der Waals surface area contributed by atoms with Gasteiger partial charge in [-0.15, -0.1) is 11.3 Å². The van der Waals surface area contributed by atoms with Crippen LogP contribution in [0.1, 0.15) is 20.9 Å². The molecule has 4 rings (SSSR count). The third kappa shape index (κ3) is 4.49. The predicted octanol–water partition coefficient (Wildman–Crippen LogP) is 4.05. The van der Waals surface area contributed by atoms with Gasteiger partial charge in [0.05, 0.1) is 11.9 Å². The van der Waals surface area contributed by atoms with Crippen molar-refractivity contribution in [2.75, 3.05) is 0 Å². The number of pyridine rings is 1. The summed E-state index contributed by atoms with van der Waals surface area (Å²) in [6.07, 6.45) is 7.03. The van der Waals surface area contributed by atoms with Gasteiger partial charge in [-0.2, -0.15) is 5.10 Å². The van der Waals surface area contributed by atoms with E-state index in [9.17, 15) is 4.79 Å². The van der Waals surface area contributed by atoms with Crippen molar-refractivity contribution in [2.45, 2.75) is 13.5 Å². The van der Waals surface area contributed by atoms with Crippen LogP contribution in [0.15, 0.2) is 61.2 Å². The molecular weight excluding hydrogens is 388 g/mol. The van der Waals surface area contributed by atoms with Gasteiger partial charge in [-0.3, -0.25) is 9.67 Å². The minimum atomic E-state index is -0.430. The highest BCUT2D eigenvalue weighted by molar-refractivity contribution is 7.17. The molecule has 0 aliphatic rings. The van der Waals surface area contributed by atoms with Crippen molar-refractivity contribution in [1.82, 2.24) is 19.7 Å². The molecule has 0 radical (unpaired) electrons. The largest absolute Gasteiger partial charge is 0.489 e. The summed E-state index contributed by atoms with van der Waals surface area (Å²) in [5, 5.41) is 4.88. The van der Waals surface area contributed by atoms with Crippen LogP contribution in [-0.2, 0) is 13.7 Å². The third-order valence-electron chi connectivity index (χ3n) is 4.12. The summed E-state index contributed by atoms with van der Waals surface area (Å²) in [4.78, 5) is 21.5. The van der Waals surface area contributed by atoms with Crippen LogP contribution < -0.4 is 9.47 Å². The Bertz CT molecular complexity index is 1120. The third-order valence-corrected chi connectivity index (χ3v) is 5.31. The van der Waals surface area contributed by atoms with Gasteiger partial charge in [0.25, 0.3) is 0 Å². The van der Waals surface area contributed by atoms with Crippen molar-refractivity contribution in [3.05, 3.63) is 77.3 Å². The van der Waals surface area contributed by atoms with Gasteiger partial charge in [0, 0.05) is 31.2 Å². The van der Waals surface area contributed by atoms with Crippen LogP contribution in [0.2, 0.25) is 0 Å². The smallest absolute Gasteiger partial charge is 0.355 e. The number of aromatic nitrogens is 4. The zero-order valence-electron chi connectivity index (χ0n) is 15.9. The monoisotopic (exact) mass is 406 g/mol. The maximum atomic E-state index is 12.6. The normalized spacial score (nSPS) is 10.7. The van der Waals surface area contributed by atoms with Crippen LogP contribution in [0.3, 0.4) is 0 Å². The maximum absolute atomic E-state index is 12.6. The summed E-state index contributed by atoms with van der Waals surface area (Å²) < 4.78 is 12.9. The zero-order valence-corrected chi connectivity index (χ0v) is 16.7. The molecule has 7 nitrogen and oxygen atoms in total. The maximum Gasteiger partial charge on any atom is 0.355 e. The summed E-state index contributed by atoms with van der Waals surface area (Å²) in [6.45, 7) is 2.24. The van der Waals surface area contributed by atoms with Crippen molar-refractivity contribution < 1.29 is 14.3 Å². The molecule has 0 saturated heterocycles. The second kappa shape index (κ2) is 8.24. The number of hydrogen-bond acceptors (Lipinski definition) is 7. The summed E-state index contributed by atoms with van der Waals surface area (Å²) in [5.41, 5.74) is 2.53. The molecule has 29 heavy (non-hydrogen) atoms. The molecule has 0 aliphatic heterocycles. The van der Waals surface area contributed by atoms with Gasteiger partial charge in [0.15, 0.2) is 0 Å². The van der Waals surface area contributed by atoms with E-state index >= 15 is 0 Å². The van der Waals surface area contributed by atoms with Gasteiger partial charge in [-0.1, -0.05) is 0 Å². The fourth-order valence-electron chi connectivity index (χ4n) is 2.64. The molecule has 3 heterocycles. The van der Waals surface area contributed by atoms with E-state index in [1.54, 1.807) is 54.5 Å². The van der Waals surface area contributed by atoms with Gasteiger partial charge >= 0.3 is 5.97 Å². The van der Waals surface area contributed by atoms with E-state index in [2.05, 4.69) is 15.1 Å².